The van der Waals surface area contributed by atoms with Crippen LogP contribution in [0.4, 0.5) is 0 Å². The Morgan fingerprint density at radius 2 is 1.65 bits per heavy atom. The molecule has 3 saturated carbocycles. The van der Waals surface area contributed by atoms with E-state index < -0.39 is 0 Å². The second-order valence-electron chi connectivity index (χ2n) is 13.5. The first-order valence-electron chi connectivity index (χ1n) is 13.5. The predicted octanol–water partition coefficient (Wildman–Crippen LogP) is 8.19. The van der Waals surface area contributed by atoms with Gasteiger partial charge >= 0.3 is 0 Å². The van der Waals surface area contributed by atoms with E-state index >= 15 is 0 Å². The van der Waals surface area contributed by atoms with Gasteiger partial charge in [-0.1, -0.05) is 72.3 Å². The SMILES string of the molecule is C=C(CCC(C)C1CCC2C3=CCC4C(C)(C)C(O)CCC4(C)C3CCC21C)C(C)C. The van der Waals surface area contributed by atoms with E-state index in [1.165, 1.54) is 56.9 Å². The van der Waals surface area contributed by atoms with Gasteiger partial charge < -0.3 is 5.11 Å². The first kappa shape index (κ1) is 23.6. The smallest absolute Gasteiger partial charge is 0.0594 e. The summed E-state index contributed by atoms with van der Waals surface area (Å²) in [6.07, 6.45) is 14.1. The summed E-state index contributed by atoms with van der Waals surface area (Å²) < 4.78 is 0. The molecule has 0 aromatic rings. The molecule has 0 amide bonds. The summed E-state index contributed by atoms with van der Waals surface area (Å²) in [7, 11) is 0. The second kappa shape index (κ2) is 8.03. The lowest BCUT2D eigenvalue weighted by atomic mass is 9.43. The van der Waals surface area contributed by atoms with Crippen molar-refractivity contribution in [2.24, 2.45) is 51.8 Å². The zero-order valence-corrected chi connectivity index (χ0v) is 21.6. The van der Waals surface area contributed by atoms with E-state index in [0.29, 0.717) is 22.7 Å². The molecule has 1 N–H and O–H groups in total. The van der Waals surface area contributed by atoms with E-state index in [-0.39, 0.29) is 11.5 Å². The molecule has 8 atom stereocenters. The minimum Gasteiger partial charge on any atom is -0.393 e. The lowest BCUT2D eigenvalue weighted by molar-refractivity contribution is -0.125. The van der Waals surface area contributed by atoms with Gasteiger partial charge in [0, 0.05) is 0 Å². The summed E-state index contributed by atoms with van der Waals surface area (Å²) in [5.41, 5.74) is 4.20. The zero-order chi connectivity index (χ0) is 22.8. The molecule has 31 heavy (non-hydrogen) atoms. The van der Waals surface area contributed by atoms with E-state index in [9.17, 15) is 5.11 Å². The summed E-state index contributed by atoms with van der Waals surface area (Å²) in [5.74, 6) is 4.48. The van der Waals surface area contributed by atoms with Crippen LogP contribution in [0.3, 0.4) is 0 Å². The maximum Gasteiger partial charge on any atom is 0.0594 e. The molecule has 0 aliphatic heterocycles. The van der Waals surface area contributed by atoms with Gasteiger partial charge in [-0.2, -0.15) is 0 Å². The number of aliphatic hydroxyl groups is 1. The van der Waals surface area contributed by atoms with Gasteiger partial charge in [0.1, 0.15) is 0 Å². The van der Waals surface area contributed by atoms with Crippen LogP contribution in [0.5, 0.6) is 0 Å². The Labute approximate surface area is 193 Å². The van der Waals surface area contributed by atoms with Gasteiger partial charge in [-0.3, -0.25) is 0 Å². The first-order chi connectivity index (χ1) is 14.4. The van der Waals surface area contributed by atoms with Crippen LogP contribution in [0.25, 0.3) is 0 Å². The Morgan fingerprint density at radius 3 is 2.32 bits per heavy atom. The summed E-state index contributed by atoms with van der Waals surface area (Å²) in [5, 5.41) is 10.8. The third-order valence-electron chi connectivity index (χ3n) is 11.5. The van der Waals surface area contributed by atoms with Crippen molar-refractivity contribution in [1.82, 2.24) is 0 Å². The lowest BCUT2D eigenvalue weighted by Gasteiger charge is -2.62. The second-order valence-corrected chi connectivity index (χ2v) is 13.5. The molecule has 0 heterocycles. The fourth-order valence-electron chi connectivity index (χ4n) is 9.19. The fourth-order valence-corrected chi connectivity index (χ4v) is 9.19. The molecule has 4 aliphatic rings. The molecule has 0 aromatic carbocycles. The van der Waals surface area contributed by atoms with E-state index in [1.54, 1.807) is 0 Å². The minimum absolute atomic E-state index is 0.0430. The molecular weight excluding hydrogens is 376 g/mol. The fraction of sp³-hybridized carbons (Fsp3) is 0.867. The van der Waals surface area contributed by atoms with Crippen molar-refractivity contribution < 1.29 is 5.11 Å². The van der Waals surface area contributed by atoms with Crippen LogP contribution in [0.1, 0.15) is 106 Å². The van der Waals surface area contributed by atoms with Crippen molar-refractivity contribution in [2.45, 2.75) is 112 Å². The summed E-state index contributed by atoms with van der Waals surface area (Å²) in [4.78, 5) is 0. The van der Waals surface area contributed by atoms with Crippen LogP contribution in [-0.2, 0) is 0 Å². The molecule has 176 valence electrons. The zero-order valence-electron chi connectivity index (χ0n) is 21.6. The van der Waals surface area contributed by atoms with Crippen LogP contribution in [0, 0.1) is 51.8 Å². The lowest BCUT2D eigenvalue weighted by Crippen LogP contribution is -2.56. The molecule has 8 unspecified atom stereocenters. The van der Waals surface area contributed by atoms with Crippen molar-refractivity contribution in [3.05, 3.63) is 23.8 Å². The van der Waals surface area contributed by atoms with Crippen LogP contribution >= 0.6 is 0 Å². The molecule has 1 nitrogen and oxygen atoms in total. The standard InChI is InChI=1S/C30H50O/c1-19(2)20(3)9-10-21(4)23-12-13-24-22-11-14-26-28(5,6)27(31)16-18-30(26,8)25(22)15-17-29(23,24)7/h11,19,21,23-27,31H,3,9-10,12-18H2,1-2,4-8H3. The van der Waals surface area contributed by atoms with Crippen molar-refractivity contribution in [3.8, 4) is 0 Å². The van der Waals surface area contributed by atoms with E-state index in [4.69, 9.17) is 0 Å². The predicted molar refractivity (Wildman–Crippen MR) is 133 cm³/mol. The Kier molecular flexibility index (Phi) is 6.11. The van der Waals surface area contributed by atoms with Gasteiger partial charge in [-0.05, 0) is 110 Å². The van der Waals surface area contributed by atoms with E-state index in [1.807, 2.05) is 5.57 Å². The summed E-state index contributed by atoms with van der Waals surface area (Å²) in [6.45, 7) is 21.4. The van der Waals surface area contributed by atoms with Crippen molar-refractivity contribution >= 4 is 0 Å². The van der Waals surface area contributed by atoms with Crippen LogP contribution in [0.15, 0.2) is 23.8 Å². The number of hydrogen-bond donors (Lipinski definition) is 1. The van der Waals surface area contributed by atoms with Gasteiger partial charge in [-0.25, -0.2) is 0 Å². The Bertz CT molecular complexity index is 729. The molecule has 0 spiro atoms. The first-order valence-corrected chi connectivity index (χ1v) is 13.5. The average Bonchev–Trinajstić information content (AvgIpc) is 3.06. The molecule has 0 aromatic heterocycles. The third-order valence-corrected chi connectivity index (χ3v) is 11.5. The molecular formula is C30H50O. The molecule has 3 fully saturated rings. The number of hydrogen-bond acceptors (Lipinski definition) is 1. The normalized spacial score (nSPS) is 44.8. The molecule has 4 rings (SSSR count). The molecule has 1 heteroatoms. The van der Waals surface area contributed by atoms with Crippen molar-refractivity contribution in [2.75, 3.05) is 0 Å². The minimum atomic E-state index is -0.133. The highest BCUT2D eigenvalue weighted by Gasteiger charge is 2.61. The third kappa shape index (κ3) is 3.60. The van der Waals surface area contributed by atoms with Crippen LogP contribution in [0.2, 0.25) is 0 Å². The van der Waals surface area contributed by atoms with Crippen molar-refractivity contribution in [1.29, 1.82) is 0 Å². The number of rotatable bonds is 5. The highest BCUT2D eigenvalue weighted by Crippen LogP contribution is 2.68. The van der Waals surface area contributed by atoms with Gasteiger partial charge in [0.05, 0.1) is 6.10 Å². The number of fused-ring (bicyclic) bond motifs is 5. The summed E-state index contributed by atoms with van der Waals surface area (Å²) in [6, 6.07) is 0. The Balaban J connectivity index is 1.54. The molecule has 0 saturated heterocycles. The van der Waals surface area contributed by atoms with Gasteiger partial charge in [0.15, 0.2) is 0 Å². The maximum absolute atomic E-state index is 10.8. The highest BCUT2D eigenvalue weighted by atomic mass is 16.3. The van der Waals surface area contributed by atoms with Gasteiger partial charge in [-0.15, -0.1) is 0 Å². The molecule has 0 bridgehead atoms. The molecule has 4 aliphatic carbocycles. The monoisotopic (exact) mass is 426 g/mol. The largest absolute Gasteiger partial charge is 0.393 e. The van der Waals surface area contributed by atoms with E-state index in [2.05, 4.69) is 61.1 Å². The number of aliphatic hydroxyl groups excluding tert-OH is 1. The summed E-state index contributed by atoms with van der Waals surface area (Å²) >= 11 is 0. The van der Waals surface area contributed by atoms with Gasteiger partial charge in [0.2, 0.25) is 0 Å². The quantitative estimate of drug-likeness (QED) is 0.439. The van der Waals surface area contributed by atoms with Crippen LogP contribution in [-0.4, -0.2) is 11.2 Å². The van der Waals surface area contributed by atoms with Crippen LogP contribution < -0.4 is 0 Å². The topological polar surface area (TPSA) is 20.2 Å². The highest BCUT2D eigenvalue weighted by molar-refractivity contribution is 5.28. The average molecular weight is 427 g/mol. The van der Waals surface area contributed by atoms with Gasteiger partial charge in [0.25, 0.3) is 0 Å². The maximum atomic E-state index is 10.8. The Hall–Kier alpha value is -0.560. The Morgan fingerprint density at radius 1 is 1.00 bits per heavy atom. The van der Waals surface area contributed by atoms with Crippen molar-refractivity contribution in [3.63, 3.8) is 0 Å². The van der Waals surface area contributed by atoms with E-state index in [0.717, 1.165) is 30.1 Å². The number of allylic oxidation sites excluding steroid dienone is 3. The molecule has 0 radical (unpaired) electrons.